The summed E-state index contributed by atoms with van der Waals surface area (Å²) in [6, 6.07) is 0. The first-order valence-electron chi connectivity index (χ1n) is 5.45. The average Bonchev–Trinajstić information content (AvgIpc) is 1.97. The quantitative estimate of drug-likeness (QED) is 0.499. The van der Waals surface area contributed by atoms with Crippen molar-refractivity contribution >= 4 is 5.78 Å². The van der Waals surface area contributed by atoms with Crippen LogP contribution in [-0.2, 0) is 4.79 Å². The molecule has 0 rings (SSSR count). The van der Waals surface area contributed by atoms with Gasteiger partial charge in [-0.15, -0.1) is 0 Å². The third-order valence-corrected chi connectivity index (χ3v) is 1.02. The van der Waals surface area contributed by atoms with Gasteiger partial charge in [0.05, 0.1) is 5.60 Å². The zero-order chi connectivity index (χ0) is 15.6. The van der Waals surface area contributed by atoms with Gasteiger partial charge >= 0.3 is 0 Å². The van der Waals surface area contributed by atoms with Gasteiger partial charge in [-0.2, -0.15) is 0 Å². The molecule has 0 aliphatic heterocycles. The predicted octanol–water partition coefficient (Wildman–Crippen LogP) is 0.345. The van der Waals surface area contributed by atoms with E-state index in [0.29, 0.717) is 6.54 Å². The van der Waals surface area contributed by atoms with E-state index < -0.39 is 22.7 Å². The molecule has 0 aromatic carbocycles. The van der Waals surface area contributed by atoms with Crippen molar-refractivity contribution < 1.29 is 19.9 Å². The summed E-state index contributed by atoms with van der Waals surface area (Å²) < 4.78 is 0. The van der Waals surface area contributed by atoms with Gasteiger partial charge in [0.25, 0.3) is 0 Å². The van der Waals surface area contributed by atoms with Crippen LogP contribution < -0.4 is 5.73 Å². The predicted molar refractivity (Wildman–Crippen MR) is 69.9 cm³/mol. The number of Topliss-reactive ketones (excluding diaryl/α,β-unsaturated/α-hetero) is 1. The second-order valence-corrected chi connectivity index (χ2v) is 5.23. The van der Waals surface area contributed by atoms with E-state index in [2.05, 4.69) is 0 Å². The molecule has 0 saturated heterocycles. The Morgan fingerprint density at radius 3 is 1.39 bits per heavy atom. The van der Waals surface area contributed by atoms with Gasteiger partial charge in [0, 0.05) is 11.5 Å². The largest absolute Gasteiger partial charge is 0.389 e. The minimum atomic E-state index is -1.18. The number of nitro groups is 1. The number of carbonyl (C=O) groups is 1. The molecule has 0 bridgehead atoms. The number of nitrogens with two attached hydrogens (primary N) is 1. The fraction of sp³-hybridized carbons (Fsp3) is 0.909. The first-order chi connectivity index (χ1) is 7.71. The van der Waals surface area contributed by atoms with Crippen molar-refractivity contribution in [3.05, 3.63) is 10.1 Å². The van der Waals surface area contributed by atoms with Crippen LogP contribution in [0, 0.1) is 10.1 Å². The fourth-order valence-corrected chi connectivity index (χ4v) is 0.316. The molecular formula is C11H26N2O5. The Morgan fingerprint density at radius 2 is 1.39 bits per heavy atom. The van der Waals surface area contributed by atoms with Crippen LogP contribution in [0.1, 0.15) is 41.5 Å². The molecule has 0 aliphatic rings. The summed E-state index contributed by atoms with van der Waals surface area (Å²) in [6.07, 6.45) is 0. The van der Waals surface area contributed by atoms with Crippen LogP contribution in [0.15, 0.2) is 0 Å². The monoisotopic (exact) mass is 266 g/mol. The average molecular weight is 266 g/mol. The summed E-state index contributed by atoms with van der Waals surface area (Å²) >= 11 is 0. The van der Waals surface area contributed by atoms with Gasteiger partial charge in [-0.3, -0.25) is 10.1 Å². The molecule has 4 N–H and O–H groups in total. The van der Waals surface area contributed by atoms with Crippen LogP contribution in [-0.4, -0.2) is 45.2 Å². The van der Waals surface area contributed by atoms with Crippen LogP contribution in [0.5, 0.6) is 0 Å². The van der Waals surface area contributed by atoms with Crippen molar-refractivity contribution in [1.29, 1.82) is 0 Å². The third-order valence-electron chi connectivity index (χ3n) is 1.02. The molecule has 110 valence electrons. The molecular weight excluding hydrogens is 240 g/mol. The first-order valence-corrected chi connectivity index (χ1v) is 5.45. The van der Waals surface area contributed by atoms with Crippen molar-refractivity contribution in [2.24, 2.45) is 5.73 Å². The summed E-state index contributed by atoms with van der Waals surface area (Å²) in [6.45, 7) is 9.13. The Kier molecular flexibility index (Phi) is 12.2. The Balaban J connectivity index is -0.000000200. The molecule has 0 saturated carbocycles. The fourth-order valence-electron chi connectivity index (χ4n) is 0.316. The molecule has 0 aromatic rings. The minimum Gasteiger partial charge on any atom is -0.389 e. The highest BCUT2D eigenvalue weighted by Crippen LogP contribution is 1.98. The number of nitrogens with zero attached hydrogens (tertiary/aromatic N) is 1. The highest BCUT2D eigenvalue weighted by atomic mass is 16.6. The van der Waals surface area contributed by atoms with Crippen LogP contribution >= 0.6 is 0 Å². The Morgan fingerprint density at radius 1 is 1.17 bits per heavy atom. The van der Waals surface area contributed by atoms with Crippen LogP contribution in [0.4, 0.5) is 0 Å². The van der Waals surface area contributed by atoms with E-state index in [9.17, 15) is 14.9 Å². The topological polar surface area (TPSA) is 127 Å². The second kappa shape index (κ2) is 9.93. The molecule has 0 radical (unpaired) electrons. The summed E-state index contributed by atoms with van der Waals surface area (Å²) in [4.78, 5) is 18.6. The van der Waals surface area contributed by atoms with Crippen molar-refractivity contribution in [3.63, 3.8) is 0 Å². The summed E-state index contributed by atoms with van der Waals surface area (Å²) in [5.74, 6) is 0.167. The lowest BCUT2D eigenvalue weighted by molar-refractivity contribution is -0.498. The summed E-state index contributed by atoms with van der Waals surface area (Å²) in [5.41, 5.74) is 3.20. The van der Waals surface area contributed by atoms with E-state index in [1.807, 2.05) is 0 Å². The van der Waals surface area contributed by atoms with E-state index in [-0.39, 0.29) is 5.78 Å². The van der Waals surface area contributed by atoms with Crippen LogP contribution in [0.3, 0.4) is 0 Å². The smallest absolute Gasteiger partial charge is 0.231 e. The molecule has 7 heteroatoms. The number of carbonyl (C=O) groups excluding carboxylic acids is 1. The molecule has 0 aliphatic carbocycles. The molecule has 0 unspecified atom stereocenters. The van der Waals surface area contributed by atoms with Gasteiger partial charge < -0.3 is 20.7 Å². The maximum absolute atomic E-state index is 9.66. The van der Waals surface area contributed by atoms with E-state index in [4.69, 9.17) is 15.9 Å². The van der Waals surface area contributed by atoms with Crippen molar-refractivity contribution in [2.75, 3.05) is 13.1 Å². The molecule has 0 heterocycles. The van der Waals surface area contributed by atoms with Gasteiger partial charge in [-0.05, 0) is 41.5 Å². The zero-order valence-corrected chi connectivity index (χ0v) is 12.1. The highest BCUT2D eigenvalue weighted by Gasteiger charge is 2.19. The number of hydrogen-bond acceptors (Lipinski definition) is 6. The van der Waals surface area contributed by atoms with Gasteiger partial charge in [-0.1, -0.05) is 0 Å². The Bertz CT molecular complexity index is 237. The van der Waals surface area contributed by atoms with Crippen LogP contribution in [0.25, 0.3) is 0 Å². The summed E-state index contributed by atoms with van der Waals surface area (Å²) in [7, 11) is 0. The Hall–Kier alpha value is -1.05. The van der Waals surface area contributed by atoms with Gasteiger partial charge in [0.15, 0.2) is 0 Å². The lowest BCUT2D eigenvalue weighted by atomic mass is 10.1. The SMILES string of the molecule is CC(C)(O)CN.CC(C)(O)C[N+](=O)[O-].CC(C)=O. The van der Waals surface area contributed by atoms with E-state index in [0.717, 1.165) is 0 Å². The molecule has 0 spiro atoms. The summed E-state index contributed by atoms with van der Waals surface area (Å²) in [5, 5.41) is 27.1. The maximum Gasteiger partial charge on any atom is 0.231 e. The zero-order valence-electron chi connectivity index (χ0n) is 12.1. The van der Waals surface area contributed by atoms with Gasteiger partial charge in [0.2, 0.25) is 6.54 Å². The van der Waals surface area contributed by atoms with Crippen molar-refractivity contribution in [1.82, 2.24) is 0 Å². The normalized spacial score (nSPS) is 10.5. The number of aliphatic hydroxyl groups is 2. The highest BCUT2D eigenvalue weighted by molar-refractivity contribution is 5.72. The standard InChI is InChI=1S/C4H9NO3.C4H11NO.C3H6O/c1-4(2,6)3-5(7)8;1-4(2,6)3-5;1-3(2)4/h6H,3H2,1-2H3;6H,3,5H2,1-2H3;1-2H3. The van der Waals surface area contributed by atoms with E-state index >= 15 is 0 Å². The van der Waals surface area contributed by atoms with Gasteiger partial charge in [-0.25, -0.2) is 0 Å². The van der Waals surface area contributed by atoms with Gasteiger partial charge in [0.1, 0.15) is 11.4 Å². The molecule has 0 fully saturated rings. The maximum atomic E-state index is 9.66. The van der Waals surface area contributed by atoms with Crippen molar-refractivity contribution in [2.45, 2.75) is 52.7 Å². The van der Waals surface area contributed by atoms with E-state index in [1.54, 1.807) is 13.8 Å². The van der Waals surface area contributed by atoms with Crippen molar-refractivity contribution in [3.8, 4) is 0 Å². The number of rotatable bonds is 3. The Labute approximate surface area is 108 Å². The lowest BCUT2D eigenvalue weighted by Crippen LogP contribution is -2.29. The second-order valence-electron chi connectivity index (χ2n) is 5.23. The minimum absolute atomic E-state index is 0.167. The number of hydrogen-bond donors (Lipinski definition) is 3. The van der Waals surface area contributed by atoms with Crippen LogP contribution in [0.2, 0.25) is 0 Å². The molecule has 0 atom stereocenters. The lowest BCUT2D eigenvalue weighted by Gasteiger charge is -2.11. The van der Waals surface area contributed by atoms with E-state index in [1.165, 1.54) is 27.7 Å². The first kappa shape index (κ1) is 22.2. The molecule has 0 amide bonds. The molecule has 7 nitrogen and oxygen atoms in total. The molecule has 18 heavy (non-hydrogen) atoms. The third kappa shape index (κ3) is 60.2. The molecule has 0 aromatic heterocycles. The number of ketones is 1.